The zero-order chi connectivity index (χ0) is 19.9. The van der Waals surface area contributed by atoms with Crippen LogP contribution in [0.15, 0.2) is 0 Å². The first-order valence-electron chi connectivity index (χ1n) is 12.0. The zero-order valence-corrected chi connectivity index (χ0v) is 18.7. The molecule has 0 radical (unpaired) electrons. The van der Waals surface area contributed by atoms with Crippen molar-refractivity contribution in [2.45, 2.75) is 142 Å². The molecular weight excluding hydrogens is 334 g/mol. The van der Waals surface area contributed by atoms with Gasteiger partial charge < -0.3 is 10.1 Å². The molecule has 0 spiro atoms. The maximum absolute atomic E-state index is 12.0. The number of carbonyl (C=O) groups is 1. The summed E-state index contributed by atoms with van der Waals surface area (Å²) in [5.74, 6) is 1.08. The highest BCUT2D eigenvalue weighted by molar-refractivity contribution is 5.76. The molecule has 0 saturated carbocycles. The summed E-state index contributed by atoms with van der Waals surface area (Å²) in [6.45, 7) is 8.84. The Bertz CT molecular complexity index is 369. The molecule has 0 bridgehead atoms. The van der Waals surface area contributed by atoms with Crippen molar-refractivity contribution >= 4 is 5.91 Å². The Labute approximate surface area is 169 Å². The number of unbranched alkanes of at least 4 members (excludes halogenated alkanes) is 11. The molecule has 27 heavy (non-hydrogen) atoms. The molecule has 1 fully saturated rings. The number of carbonyl (C=O) groups excluding carboxylic acids is 1. The molecule has 0 aromatic heterocycles. The smallest absolute Gasteiger partial charge is 0.220 e. The van der Waals surface area contributed by atoms with Crippen LogP contribution in [0.4, 0.5) is 0 Å². The SMILES string of the molecule is CCC(NC(=O)CCCCCCCCCCCCCCC(C)C)C1OC1C. The lowest BCUT2D eigenvalue weighted by Crippen LogP contribution is -2.38. The summed E-state index contributed by atoms with van der Waals surface area (Å²) in [4.78, 5) is 12.0. The predicted octanol–water partition coefficient (Wildman–Crippen LogP) is 6.79. The van der Waals surface area contributed by atoms with Gasteiger partial charge in [-0.15, -0.1) is 0 Å². The molecule has 3 nitrogen and oxygen atoms in total. The monoisotopic (exact) mass is 381 g/mol. The number of amides is 1. The van der Waals surface area contributed by atoms with Crippen molar-refractivity contribution in [2.75, 3.05) is 0 Å². The summed E-state index contributed by atoms with van der Waals surface area (Å²) in [5.41, 5.74) is 0. The highest BCUT2D eigenvalue weighted by Gasteiger charge is 2.40. The predicted molar refractivity (Wildman–Crippen MR) is 116 cm³/mol. The van der Waals surface area contributed by atoms with Gasteiger partial charge in [-0.05, 0) is 25.7 Å². The maximum atomic E-state index is 12.0. The fraction of sp³-hybridized carbons (Fsp3) is 0.958. The lowest BCUT2D eigenvalue weighted by atomic mass is 10.0. The van der Waals surface area contributed by atoms with E-state index in [1.165, 1.54) is 77.0 Å². The Hall–Kier alpha value is -0.570. The van der Waals surface area contributed by atoms with E-state index >= 15 is 0 Å². The summed E-state index contributed by atoms with van der Waals surface area (Å²) in [5, 5.41) is 3.14. The molecule has 3 atom stereocenters. The fourth-order valence-corrected chi connectivity index (χ4v) is 3.93. The molecule has 1 aliphatic rings. The third kappa shape index (κ3) is 13.3. The van der Waals surface area contributed by atoms with Crippen LogP contribution in [-0.2, 0) is 9.53 Å². The number of hydrogen-bond acceptors (Lipinski definition) is 2. The molecule has 3 heteroatoms. The third-order valence-electron chi connectivity index (χ3n) is 5.88. The second-order valence-electron chi connectivity index (χ2n) is 9.06. The van der Waals surface area contributed by atoms with Crippen molar-refractivity contribution in [2.24, 2.45) is 5.92 Å². The molecule has 0 aromatic rings. The van der Waals surface area contributed by atoms with E-state index in [2.05, 4.69) is 33.0 Å². The van der Waals surface area contributed by atoms with Gasteiger partial charge in [0.15, 0.2) is 0 Å². The largest absolute Gasteiger partial charge is 0.368 e. The van der Waals surface area contributed by atoms with Gasteiger partial charge in [0.25, 0.3) is 0 Å². The van der Waals surface area contributed by atoms with Gasteiger partial charge in [-0.1, -0.05) is 97.8 Å². The van der Waals surface area contributed by atoms with Crippen LogP contribution in [-0.4, -0.2) is 24.2 Å². The highest BCUT2D eigenvalue weighted by atomic mass is 16.6. The van der Waals surface area contributed by atoms with Crippen LogP contribution in [0.5, 0.6) is 0 Å². The van der Waals surface area contributed by atoms with Crippen molar-refractivity contribution in [3.8, 4) is 0 Å². The van der Waals surface area contributed by atoms with Crippen LogP contribution in [0.3, 0.4) is 0 Å². The quantitative estimate of drug-likeness (QED) is 0.210. The Morgan fingerprint density at radius 2 is 1.30 bits per heavy atom. The molecule has 3 unspecified atom stereocenters. The second kappa shape index (κ2) is 15.4. The van der Waals surface area contributed by atoms with E-state index in [4.69, 9.17) is 4.74 Å². The van der Waals surface area contributed by atoms with Gasteiger partial charge in [-0.2, -0.15) is 0 Å². The van der Waals surface area contributed by atoms with Crippen molar-refractivity contribution in [1.82, 2.24) is 5.32 Å². The van der Waals surface area contributed by atoms with Crippen molar-refractivity contribution < 1.29 is 9.53 Å². The summed E-state index contributed by atoms with van der Waals surface area (Å²) in [6, 6.07) is 0.211. The van der Waals surface area contributed by atoms with Gasteiger partial charge in [0.2, 0.25) is 5.91 Å². The number of epoxide rings is 1. The first-order valence-corrected chi connectivity index (χ1v) is 12.0. The topological polar surface area (TPSA) is 41.6 Å². The van der Waals surface area contributed by atoms with Crippen molar-refractivity contribution in [3.63, 3.8) is 0 Å². The number of ether oxygens (including phenoxy) is 1. The van der Waals surface area contributed by atoms with E-state index < -0.39 is 0 Å². The molecule has 1 N–H and O–H groups in total. The summed E-state index contributed by atoms with van der Waals surface area (Å²) >= 11 is 0. The number of rotatable bonds is 18. The molecule has 1 saturated heterocycles. The second-order valence-corrected chi connectivity index (χ2v) is 9.06. The van der Waals surface area contributed by atoms with E-state index in [-0.39, 0.29) is 18.1 Å². The average Bonchev–Trinajstić information content (AvgIpc) is 3.36. The minimum absolute atomic E-state index is 0.206. The molecule has 1 rings (SSSR count). The molecule has 0 aromatic carbocycles. The molecule has 0 aliphatic carbocycles. The molecule has 160 valence electrons. The van der Waals surface area contributed by atoms with Crippen LogP contribution in [0, 0.1) is 5.92 Å². The summed E-state index contributed by atoms with van der Waals surface area (Å²) in [6.07, 6.45) is 19.7. The zero-order valence-electron chi connectivity index (χ0n) is 18.7. The molecule has 1 heterocycles. The van der Waals surface area contributed by atoms with E-state index in [9.17, 15) is 4.79 Å². The summed E-state index contributed by atoms with van der Waals surface area (Å²) in [7, 11) is 0. The van der Waals surface area contributed by atoms with Gasteiger partial charge in [0.1, 0.15) is 6.10 Å². The van der Waals surface area contributed by atoms with Crippen LogP contribution < -0.4 is 5.32 Å². The third-order valence-corrected chi connectivity index (χ3v) is 5.88. The lowest BCUT2D eigenvalue weighted by molar-refractivity contribution is -0.122. The lowest BCUT2D eigenvalue weighted by Gasteiger charge is -2.14. The first-order chi connectivity index (χ1) is 13.0. The minimum Gasteiger partial charge on any atom is -0.368 e. The summed E-state index contributed by atoms with van der Waals surface area (Å²) < 4.78 is 5.49. The van der Waals surface area contributed by atoms with E-state index in [0.717, 1.165) is 18.8 Å². The Morgan fingerprint density at radius 1 is 0.852 bits per heavy atom. The number of hydrogen-bond donors (Lipinski definition) is 1. The van der Waals surface area contributed by atoms with Crippen LogP contribution in [0.1, 0.15) is 124 Å². The fourth-order valence-electron chi connectivity index (χ4n) is 3.93. The van der Waals surface area contributed by atoms with E-state index in [0.29, 0.717) is 12.5 Å². The average molecular weight is 382 g/mol. The molecular formula is C24H47NO2. The van der Waals surface area contributed by atoms with Crippen molar-refractivity contribution in [3.05, 3.63) is 0 Å². The van der Waals surface area contributed by atoms with Crippen molar-refractivity contribution in [1.29, 1.82) is 0 Å². The van der Waals surface area contributed by atoms with Crippen LogP contribution >= 0.6 is 0 Å². The Kier molecular flexibility index (Phi) is 13.9. The van der Waals surface area contributed by atoms with E-state index in [1.54, 1.807) is 0 Å². The minimum atomic E-state index is 0.206. The molecule has 1 amide bonds. The first kappa shape index (κ1) is 24.5. The van der Waals surface area contributed by atoms with Gasteiger partial charge >= 0.3 is 0 Å². The standard InChI is InChI=1S/C24H47NO2/c1-5-22(24-21(4)27-24)25-23(26)19-17-15-13-11-9-7-6-8-10-12-14-16-18-20(2)3/h20-22,24H,5-19H2,1-4H3,(H,25,26). The van der Waals surface area contributed by atoms with Crippen LogP contribution in [0.2, 0.25) is 0 Å². The van der Waals surface area contributed by atoms with E-state index in [1.807, 2.05) is 0 Å². The van der Waals surface area contributed by atoms with Crippen LogP contribution in [0.25, 0.3) is 0 Å². The maximum Gasteiger partial charge on any atom is 0.220 e. The van der Waals surface area contributed by atoms with Gasteiger partial charge in [0.05, 0.1) is 12.1 Å². The van der Waals surface area contributed by atoms with Gasteiger partial charge in [-0.25, -0.2) is 0 Å². The Balaban J connectivity index is 1.79. The van der Waals surface area contributed by atoms with Gasteiger partial charge in [0, 0.05) is 6.42 Å². The normalized spacial score (nSPS) is 20.0. The van der Waals surface area contributed by atoms with Gasteiger partial charge in [-0.3, -0.25) is 4.79 Å². The highest BCUT2D eigenvalue weighted by Crippen LogP contribution is 2.26. The Morgan fingerprint density at radius 3 is 1.70 bits per heavy atom. The number of nitrogens with one attached hydrogen (secondary N) is 1. The molecule has 1 aliphatic heterocycles.